The van der Waals surface area contributed by atoms with Gasteiger partial charge in [-0.1, -0.05) is 26.0 Å². The van der Waals surface area contributed by atoms with Crippen LogP contribution in [-0.4, -0.2) is 79.3 Å². The lowest BCUT2D eigenvalue weighted by Crippen LogP contribution is -2.46. The molecule has 1 unspecified atom stereocenters. The van der Waals surface area contributed by atoms with Gasteiger partial charge in [0, 0.05) is 57.5 Å². The van der Waals surface area contributed by atoms with Gasteiger partial charge in [0.15, 0.2) is 0 Å². The molecular weight excluding hydrogens is 370 g/mol. The zero-order valence-corrected chi connectivity index (χ0v) is 17.8. The zero-order chi connectivity index (χ0) is 21.2. The van der Waals surface area contributed by atoms with Gasteiger partial charge in [-0.15, -0.1) is 0 Å². The average molecular weight is 402 g/mol. The Balaban J connectivity index is 1.80. The van der Waals surface area contributed by atoms with Gasteiger partial charge in [-0.25, -0.2) is 0 Å². The highest BCUT2D eigenvalue weighted by Crippen LogP contribution is 2.35. The first-order valence-corrected chi connectivity index (χ1v) is 10.2. The van der Waals surface area contributed by atoms with Gasteiger partial charge in [0.2, 0.25) is 17.7 Å². The Morgan fingerprint density at radius 3 is 2.45 bits per heavy atom. The first-order chi connectivity index (χ1) is 13.7. The monoisotopic (exact) mass is 401 g/mol. The number of nitrogens with zero attached hydrogens (tertiary/aromatic N) is 3. The fourth-order valence-electron chi connectivity index (χ4n) is 4.41. The minimum atomic E-state index is -0.406. The van der Waals surface area contributed by atoms with Crippen molar-refractivity contribution in [3.05, 3.63) is 29.8 Å². The molecule has 2 saturated heterocycles. The summed E-state index contributed by atoms with van der Waals surface area (Å²) in [6, 6.07) is 7.51. The Hall–Kier alpha value is -2.57. The lowest BCUT2D eigenvalue weighted by Gasteiger charge is -2.33. The highest BCUT2D eigenvalue weighted by atomic mass is 16.5. The minimum Gasteiger partial charge on any atom is -0.497 e. The second-order valence-corrected chi connectivity index (χ2v) is 8.68. The molecule has 0 aromatic heterocycles. The number of carbonyl (C=O) groups is 3. The van der Waals surface area contributed by atoms with Crippen LogP contribution in [0.3, 0.4) is 0 Å². The van der Waals surface area contributed by atoms with E-state index >= 15 is 0 Å². The molecule has 1 spiro atoms. The van der Waals surface area contributed by atoms with Crippen molar-refractivity contribution in [2.75, 3.05) is 46.9 Å². The SMILES string of the molecule is COc1cccc(CC(=O)N2CCN(C(=O)C(C)C)CC3(CC(=O)N(C)C3)C2)c1. The molecule has 158 valence electrons. The van der Waals surface area contributed by atoms with Crippen LogP contribution in [0.5, 0.6) is 5.75 Å². The molecule has 3 amide bonds. The molecule has 2 fully saturated rings. The number of carbonyl (C=O) groups excluding carboxylic acids is 3. The molecule has 3 rings (SSSR count). The Morgan fingerprint density at radius 2 is 1.83 bits per heavy atom. The zero-order valence-electron chi connectivity index (χ0n) is 17.8. The number of ether oxygens (including phenoxy) is 1. The molecule has 1 aromatic rings. The summed E-state index contributed by atoms with van der Waals surface area (Å²) < 4.78 is 5.25. The summed E-state index contributed by atoms with van der Waals surface area (Å²) in [5, 5.41) is 0. The molecular formula is C22H31N3O4. The molecule has 0 bridgehead atoms. The standard InChI is InChI=1S/C22H31N3O4/c1-16(2)21(28)25-9-8-24(14-22(15-25)12-20(27)23(3)13-22)19(26)11-17-6-5-7-18(10-17)29-4/h5-7,10,16H,8-9,11-15H2,1-4H3. The smallest absolute Gasteiger partial charge is 0.227 e. The maximum Gasteiger partial charge on any atom is 0.227 e. The summed E-state index contributed by atoms with van der Waals surface area (Å²) in [6.45, 7) is 6.34. The minimum absolute atomic E-state index is 0.0125. The number of likely N-dealkylation sites (tertiary alicyclic amines) is 1. The van der Waals surface area contributed by atoms with Crippen LogP contribution in [-0.2, 0) is 20.8 Å². The summed E-state index contributed by atoms with van der Waals surface area (Å²) in [4.78, 5) is 43.5. The number of hydrogen-bond donors (Lipinski definition) is 0. The van der Waals surface area contributed by atoms with Crippen molar-refractivity contribution in [2.24, 2.45) is 11.3 Å². The maximum absolute atomic E-state index is 13.1. The van der Waals surface area contributed by atoms with Crippen molar-refractivity contribution in [1.82, 2.24) is 14.7 Å². The Labute approximate surface area is 172 Å². The maximum atomic E-state index is 13.1. The van der Waals surface area contributed by atoms with Gasteiger partial charge < -0.3 is 19.4 Å². The molecule has 0 N–H and O–H groups in total. The summed E-state index contributed by atoms with van der Waals surface area (Å²) in [5.74, 6) is 0.774. The van der Waals surface area contributed by atoms with Crippen LogP contribution in [0.1, 0.15) is 25.8 Å². The third-order valence-electron chi connectivity index (χ3n) is 5.86. The van der Waals surface area contributed by atoms with Gasteiger partial charge >= 0.3 is 0 Å². The highest BCUT2D eigenvalue weighted by Gasteiger charge is 2.47. The lowest BCUT2D eigenvalue weighted by molar-refractivity contribution is -0.136. The molecule has 0 radical (unpaired) electrons. The van der Waals surface area contributed by atoms with E-state index in [1.165, 1.54) is 0 Å². The van der Waals surface area contributed by atoms with Crippen molar-refractivity contribution in [1.29, 1.82) is 0 Å². The molecule has 2 heterocycles. The average Bonchev–Trinajstić information content (AvgIpc) is 2.85. The van der Waals surface area contributed by atoms with Gasteiger partial charge in [0.1, 0.15) is 5.75 Å². The van der Waals surface area contributed by atoms with Gasteiger partial charge in [-0.3, -0.25) is 14.4 Å². The fourth-order valence-corrected chi connectivity index (χ4v) is 4.41. The van der Waals surface area contributed by atoms with E-state index in [-0.39, 0.29) is 30.1 Å². The second kappa shape index (κ2) is 8.43. The summed E-state index contributed by atoms with van der Waals surface area (Å²) >= 11 is 0. The van der Waals surface area contributed by atoms with Crippen LogP contribution < -0.4 is 4.74 Å². The summed E-state index contributed by atoms with van der Waals surface area (Å²) in [6.07, 6.45) is 0.642. The number of benzene rings is 1. The van der Waals surface area contributed by atoms with Crippen molar-refractivity contribution in [2.45, 2.75) is 26.7 Å². The van der Waals surface area contributed by atoms with Crippen LogP contribution in [0.2, 0.25) is 0 Å². The molecule has 7 nitrogen and oxygen atoms in total. The Bertz CT molecular complexity index is 794. The Kier molecular flexibility index (Phi) is 6.15. The highest BCUT2D eigenvalue weighted by molar-refractivity contribution is 5.82. The molecule has 2 aliphatic rings. The van der Waals surface area contributed by atoms with Gasteiger partial charge in [0.05, 0.1) is 13.5 Å². The normalized spacial score (nSPS) is 22.4. The lowest BCUT2D eigenvalue weighted by atomic mass is 9.85. The number of amides is 3. The molecule has 0 aliphatic carbocycles. The van der Waals surface area contributed by atoms with E-state index in [2.05, 4.69) is 0 Å². The van der Waals surface area contributed by atoms with Crippen molar-refractivity contribution >= 4 is 17.7 Å². The largest absolute Gasteiger partial charge is 0.497 e. The number of methoxy groups -OCH3 is 1. The van der Waals surface area contributed by atoms with E-state index in [1.54, 1.807) is 19.1 Å². The fraction of sp³-hybridized carbons (Fsp3) is 0.591. The van der Waals surface area contributed by atoms with Crippen molar-refractivity contribution < 1.29 is 19.1 Å². The third-order valence-corrected chi connectivity index (χ3v) is 5.86. The summed E-state index contributed by atoms with van der Waals surface area (Å²) in [7, 11) is 3.40. The first-order valence-electron chi connectivity index (χ1n) is 10.2. The molecule has 1 atom stereocenters. The van der Waals surface area contributed by atoms with E-state index in [9.17, 15) is 14.4 Å². The van der Waals surface area contributed by atoms with Crippen LogP contribution in [0.25, 0.3) is 0 Å². The van der Waals surface area contributed by atoms with Crippen LogP contribution in [0.4, 0.5) is 0 Å². The van der Waals surface area contributed by atoms with Crippen molar-refractivity contribution in [3.63, 3.8) is 0 Å². The second-order valence-electron chi connectivity index (χ2n) is 8.68. The van der Waals surface area contributed by atoms with E-state index in [0.717, 1.165) is 11.3 Å². The van der Waals surface area contributed by atoms with E-state index in [4.69, 9.17) is 4.74 Å². The molecule has 0 saturated carbocycles. The predicted octanol–water partition coefficient (Wildman–Crippen LogP) is 1.41. The molecule has 2 aliphatic heterocycles. The topological polar surface area (TPSA) is 70.2 Å². The van der Waals surface area contributed by atoms with Crippen molar-refractivity contribution in [3.8, 4) is 5.75 Å². The quantitative estimate of drug-likeness (QED) is 0.765. The number of rotatable bonds is 4. The predicted molar refractivity (Wildman–Crippen MR) is 109 cm³/mol. The van der Waals surface area contributed by atoms with E-state index < -0.39 is 5.41 Å². The Morgan fingerprint density at radius 1 is 1.14 bits per heavy atom. The molecule has 7 heteroatoms. The van der Waals surface area contributed by atoms with Gasteiger partial charge in [-0.05, 0) is 17.7 Å². The molecule has 1 aromatic carbocycles. The van der Waals surface area contributed by atoms with Crippen LogP contribution >= 0.6 is 0 Å². The third kappa shape index (κ3) is 4.71. The van der Waals surface area contributed by atoms with Gasteiger partial charge in [0.25, 0.3) is 0 Å². The van der Waals surface area contributed by atoms with Crippen LogP contribution in [0.15, 0.2) is 24.3 Å². The van der Waals surface area contributed by atoms with Gasteiger partial charge in [-0.2, -0.15) is 0 Å². The first kappa shape index (κ1) is 21.1. The van der Waals surface area contributed by atoms with E-state index in [0.29, 0.717) is 39.1 Å². The van der Waals surface area contributed by atoms with E-state index in [1.807, 2.05) is 47.9 Å². The number of hydrogen-bond acceptors (Lipinski definition) is 4. The molecule has 29 heavy (non-hydrogen) atoms. The summed E-state index contributed by atoms with van der Waals surface area (Å²) in [5.41, 5.74) is 0.485. The van der Waals surface area contributed by atoms with Crippen LogP contribution in [0, 0.1) is 11.3 Å².